The van der Waals surface area contributed by atoms with Crippen molar-refractivity contribution in [1.29, 1.82) is 5.53 Å². The molecule has 0 fully saturated rings. The molecule has 0 aliphatic rings. The Morgan fingerprint density at radius 2 is 2.56 bits per heavy atom. The van der Waals surface area contributed by atoms with Gasteiger partial charge in [-0.25, -0.2) is 10.5 Å². The topological polar surface area (TPSA) is 75.1 Å². The number of nitrogens with two attached hydrogens (primary N) is 1. The summed E-state index contributed by atoms with van der Waals surface area (Å²) < 4.78 is 0. The maximum absolute atomic E-state index is 6.57. The molecule has 4 nitrogen and oxygen atoms in total. The van der Waals surface area contributed by atoms with Crippen molar-refractivity contribution in [2.45, 2.75) is 0 Å². The average molecular weight is 124 g/mol. The summed E-state index contributed by atoms with van der Waals surface area (Å²) in [6.45, 7) is 0. The van der Waals surface area contributed by atoms with Crippen molar-refractivity contribution >= 4 is 11.5 Å². The number of nitrogen functional groups attached to an aromatic ring is 1. The molecule has 0 amide bonds. The van der Waals surface area contributed by atoms with Crippen molar-refractivity contribution in [2.75, 3.05) is 5.73 Å². The monoisotopic (exact) mass is 124 g/mol. The number of anilines is 1. The summed E-state index contributed by atoms with van der Waals surface area (Å²) >= 11 is 0. The van der Waals surface area contributed by atoms with E-state index in [1.165, 1.54) is 0 Å². The third kappa shape index (κ3) is 1.02. The molecule has 1 aromatic rings. The fraction of sp³-hybridized carbons (Fsp3) is 0. The van der Waals surface area contributed by atoms with E-state index in [1.54, 1.807) is 18.3 Å². The lowest BCUT2D eigenvalue weighted by atomic mass is 10.4. The number of aromatic nitrogens is 1. The Balaban J connectivity index is 0.000000810. The quantitative estimate of drug-likeness (QED) is 0.557. The summed E-state index contributed by atoms with van der Waals surface area (Å²) in [7, 11) is 0. The zero-order valence-electron chi connectivity index (χ0n) is 4.70. The molecule has 1 heterocycles. The van der Waals surface area contributed by atoms with Crippen LogP contribution in [0.5, 0.6) is 0 Å². The average Bonchev–Trinajstić information content (AvgIpc) is 1.89. The molecule has 3 N–H and O–H groups in total. The van der Waals surface area contributed by atoms with Gasteiger partial charge in [0.1, 0.15) is 0 Å². The number of pyridine rings is 1. The molecule has 0 radical (unpaired) electrons. The predicted molar refractivity (Wildman–Crippen MR) is 35.6 cm³/mol. The van der Waals surface area contributed by atoms with E-state index in [1.807, 2.05) is 0 Å². The van der Waals surface area contributed by atoms with E-state index in [-0.39, 0.29) is 7.24 Å². The SMILES string of the molecule is N=Nc1ncccc1N.[HH]. The fourth-order valence-corrected chi connectivity index (χ4v) is 0.503. The van der Waals surface area contributed by atoms with Gasteiger partial charge >= 0.3 is 0 Å². The van der Waals surface area contributed by atoms with Crippen LogP contribution in [-0.4, -0.2) is 4.98 Å². The molecule has 0 atom stereocenters. The summed E-state index contributed by atoms with van der Waals surface area (Å²) in [4.78, 5) is 3.72. The van der Waals surface area contributed by atoms with Gasteiger partial charge in [0.05, 0.1) is 5.69 Å². The molecule has 0 saturated carbocycles. The number of nitrogens with one attached hydrogen (secondary N) is 1. The molecule has 0 unspecified atom stereocenters. The lowest BCUT2D eigenvalue weighted by molar-refractivity contribution is 1.09. The normalized spacial score (nSPS) is 8.89. The molecule has 0 aliphatic carbocycles. The van der Waals surface area contributed by atoms with E-state index in [4.69, 9.17) is 11.3 Å². The number of nitrogens with zero attached hydrogens (tertiary/aromatic N) is 2. The zero-order valence-corrected chi connectivity index (χ0v) is 4.70. The van der Waals surface area contributed by atoms with Crippen LogP contribution in [-0.2, 0) is 0 Å². The van der Waals surface area contributed by atoms with Crippen LogP contribution in [0.15, 0.2) is 23.4 Å². The number of hydrogen-bond acceptors (Lipinski definition) is 4. The first-order valence-electron chi connectivity index (χ1n) is 2.42. The van der Waals surface area contributed by atoms with Gasteiger partial charge in [0.15, 0.2) is 5.82 Å². The van der Waals surface area contributed by atoms with E-state index in [0.717, 1.165) is 0 Å². The molecule has 1 aromatic heterocycles. The second-order valence-corrected chi connectivity index (χ2v) is 1.53. The smallest absolute Gasteiger partial charge is 0.196 e. The van der Waals surface area contributed by atoms with E-state index >= 15 is 0 Å². The molecule has 9 heavy (non-hydrogen) atoms. The molecular weight excluding hydrogens is 116 g/mol. The fourth-order valence-electron chi connectivity index (χ4n) is 0.503. The molecule has 48 valence electrons. The Morgan fingerprint density at radius 1 is 1.78 bits per heavy atom. The standard InChI is InChI=1S/C5H6N4.H2/c6-4-2-1-3-8-5(4)9-7;/h1-3,7H,6H2;1H. The van der Waals surface area contributed by atoms with Crippen molar-refractivity contribution in [3.8, 4) is 0 Å². The van der Waals surface area contributed by atoms with Crippen LogP contribution in [0.3, 0.4) is 0 Å². The largest absolute Gasteiger partial charge is 0.396 e. The third-order valence-corrected chi connectivity index (χ3v) is 0.923. The maximum Gasteiger partial charge on any atom is 0.196 e. The van der Waals surface area contributed by atoms with Gasteiger partial charge in [-0.2, -0.15) is 0 Å². The molecule has 0 spiro atoms. The number of hydrogen-bond donors (Lipinski definition) is 2. The summed E-state index contributed by atoms with van der Waals surface area (Å²) in [5.41, 5.74) is 12.4. The first-order valence-corrected chi connectivity index (χ1v) is 2.42. The molecule has 0 aliphatic heterocycles. The first kappa shape index (κ1) is 5.68. The van der Waals surface area contributed by atoms with Crippen LogP contribution in [0.25, 0.3) is 0 Å². The maximum atomic E-state index is 6.57. The van der Waals surface area contributed by atoms with Crippen molar-refractivity contribution in [3.05, 3.63) is 18.3 Å². The molecular formula is C5H8N4. The second-order valence-electron chi connectivity index (χ2n) is 1.53. The van der Waals surface area contributed by atoms with Gasteiger partial charge in [-0.05, 0) is 12.1 Å². The lowest BCUT2D eigenvalue weighted by Crippen LogP contribution is -1.85. The van der Waals surface area contributed by atoms with E-state index in [2.05, 4.69) is 10.1 Å². The highest BCUT2D eigenvalue weighted by Crippen LogP contribution is 2.15. The van der Waals surface area contributed by atoms with Gasteiger partial charge in [-0.15, -0.1) is 5.11 Å². The van der Waals surface area contributed by atoms with Crippen LogP contribution in [0, 0.1) is 5.53 Å². The Morgan fingerprint density at radius 3 is 3.00 bits per heavy atom. The molecule has 0 aromatic carbocycles. The van der Waals surface area contributed by atoms with E-state index < -0.39 is 0 Å². The van der Waals surface area contributed by atoms with Gasteiger partial charge in [0.2, 0.25) is 0 Å². The third-order valence-electron chi connectivity index (χ3n) is 0.923. The van der Waals surface area contributed by atoms with Gasteiger partial charge < -0.3 is 5.73 Å². The summed E-state index contributed by atoms with van der Waals surface area (Å²) in [5.74, 6) is 0.275. The van der Waals surface area contributed by atoms with Crippen molar-refractivity contribution in [1.82, 2.24) is 4.98 Å². The minimum absolute atomic E-state index is 0. The minimum Gasteiger partial charge on any atom is -0.396 e. The summed E-state index contributed by atoms with van der Waals surface area (Å²) in [5, 5.41) is 3.08. The van der Waals surface area contributed by atoms with Crippen LogP contribution >= 0.6 is 0 Å². The highest BCUT2D eigenvalue weighted by molar-refractivity contribution is 5.55. The highest BCUT2D eigenvalue weighted by Gasteiger charge is 1.92. The van der Waals surface area contributed by atoms with Crippen molar-refractivity contribution in [2.24, 2.45) is 5.11 Å². The number of rotatable bonds is 1. The molecule has 4 heteroatoms. The van der Waals surface area contributed by atoms with Crippen LogP contribution < -0.4 is 5.73 Å². The lowest BCUT2D eigenvalue weighted by Gasteiger charge is -1.91. The van der Waals surface area contributed by atoms with Crippen molar-refractivity contribution < 1.29 is 1.43 Å². The first-order chi connectivity index (χ1) is 4.34. The zero-order chi connectivity index (χ0) is 6.69. The second kappa shape index (κ2) is 2.21. The highest BCUT2D eigenvalue weighted by atomic mass is 15.0. The Hall–Kier alpha value is -1.45. The molecule has 0 saturated heterocycles. The molecule has 0 bridgehead atoms. The predicted octanol–water partition coefficient (Wildman–Crippen LogP) is 1.57. The van der Waals surface area contributed by atoms with Gasteiger partial charge in [-0.3, -0.25) is 0 Å². The van der Waals surface area contributed by atoms with E-state index in [9.17, 15) is 0 Å². The minimum atomic E-state index is 0. The van der Waals surface area contributed by atoms with Crippen LogP contribution in [0.4, 0.5) is 11.5 Å². The molecule has 1 rings (SSSR count). The van der Waals surface area contributed by atoms with Gasteiger partial charge in [0.25, 0.3) is 0 Å². The van der Waals surface area contributed by atoms with E-state index in [0.29, 0.717) is 5.69 Å². The van der Waals surface area contributed by atoms with Crippen LogP contribution in [0.1, 0.15) is 1.43 Å². The van der Waals surface area contributed by atoms with Gasteiger partial charge in [0, 0.05) is 7.62 Å². The Kier molecular flexibility index (Phi) is 1.40. The van der Waals surface area contributed by atoms with Crippen LogP contribution in [0.2, 0.25) is 0 Å². The van der Waals surface area contributed by atoms with Gasteiger partial charge in [-0.1, -0.05) is 0 Å². The Bertz CT molecular complexity index is 225. The summed E-state index contributed by atoms with van der Waals surface area (Å²) in [6, 6.07) is 3.35. The Labute approximate surface area is 53.7 Å². The summed E-state index contributed by atoms with van der Waals surface area (Å²) in [6.07, 6.45) is 1.55. The van der Waals surface area contributed by atoms with Crippen molar-refractivity contribution in [3.63, 3.8) is 0 Å².